The Hall–Kier alpha value is -1.42. The van der Waals surface area contributed by atoms with E-state index < -0.39 is 5.97 Å². The monoisotopic (exact) mass is 241 g/mol. The summed E-state index contributed by atoms with van der Waals surface area (Å²) in [7, 11) is 0. The van der Waals surface area contributed by atoms with Crippen LogP contribution in [-0.4, -0.2) is 24.2 Å². The lowest BCUT2D eigenvalue weighted by Gasteiger charge is -2.13. The number of carboxylic acids is 1. The lowest BCUT2D eigenvalue weighted by atomic mass is 10.1. The van der Waals surface area contributed by atoms with E-state index in [2.05, 4.69) is 5.32 Å². The summed E-state index contributed by atoms with van der Waals surface area (Å²) >= 11 is 6.01. The van der Waals surface area contributed by atoms with Crippen molar-refractivity contribution in [3.63, 3.8) is 0 Å². The zero-order valence-corrected chi connectivity index (χ0v) is 9.60. The van der Waals surface area contributed by atoms with Gasteiger partial charge in [-0.25, -0.2) is 4.79 Å². The van der Waals surface area contributed by atoms with E-state index in [1.165, 1.54) is 6.07 Å². The number of halogens is 1. The highest BCUT2D eigenvalue weighted by atomic mass is 35.5. The second-order valence-electron chi connectivity index (χ2n) is 3.50. The zero-order valence-electron chi connectivity index (χ0n) is 8.84. The molecule has 0 aliphatic carbocycles. The molecular formula is C11H12ClNO3. The Kier molecular flexibility index (Phi) is 2.92. The predicted molar refractivity (Wildman–Crippen MR) is 61.8 cm³/mol. The summed E-state index contributed by atoms with van der Waals surface area (Å²) in [5.74, 6) is -0.570. The number of benzene rings is 1. The molecule has 86 valence electrons. The van der Waals surface area contributed by atoms with Gasteiger partial charge >= 0.3 is 5.97 Å². The van der Waals surface area contributed by atoms with Crippen molar-refractivity contribution >= 4 is 23.3 Å². The van der Waals surface area contributed by atoms with E-state index in [4.69, 9.17) is 21.4 Å². The van der Waals surface area contributed by atoms with Gasteiger partial charge in [-0.2, -0.15) is 0 Å². The molecule has 0 radical (unpaired) electrons. The average molecular weight is 242 g/mol. The first kappa shape index (κ1) is 11.1. The minimum atomic E-state index is -1.01. The van der Waals surface area contributed by atoms with Crippen LogP contribution in [0.5, 0.6) is 5.75 Å². The van der Waals surface area contributed by atoms with Crippen LogP contribution in [0.3, 0.4) is 0 Å². The van der Waals surface area contributed by atoms with Crippen molar-refractivity contribution < 1.29 is 14.6 Å². The summed E-state index contributed by atoms with van der Waals surface area (Å²) in [6.07, 6.45) is 0.742. The Morgan fingerprint density at radius 2 is 2.44 bits per heavy atom. The number of aromatic carboxylic acids is 1. The lowest BCUT2D eigenvalue weighted by molar-refractivity contribution is 0.0692. The largest absolute Gasteiger partial charge is 0.493 e. The molecule has 1 aliphatic rings. The molecular weight excluding hydrogens is 230 g/mol. The van der Waals surface area contributed by atoms with E-state index in [1.54, 1.807) is 0 Å². The minimum Gasteiger partial charge on any atom is -0.493 e. The van der Waals surface area contributed by atoms with Crippen LogP contribution in [0, 0.1) is 0 Å². The summed E-state index contributed by atoms with van der Waals surface area (Å²) in [6, 6.07) is 1.44. The van der Waals surface area contributed by atoms with Crippen LogP contribution in [0.2, 0.25) is 5.02 Å². The third kappa shape index (κ3) is 1.69. The first-order valence-electron chi connectivity index (χ1n) is 5.10. The molecule has 1 aliphatic heterocycles. The van der Waals surface area contributed by atoms with Gasteiger partial charge < -0.3 is 15.2 Å². The molecule has 0 saturated heterocycles. The van der Waals surface area contributed by atoms with Crippen molar-refractivity contribution in [3.05, 3.63) is 22.2 Å². The van der Waals surface area contributed by atoms with Crippen LogP contribution in [0.15, 0.2) is 6.07 Å². The second-order valence-corrected chi connectivity index (χ2v) is 3.91. The third-order valence-electron chi connectivity index (χ3n) is 2.53. The van der Waals surface area contributed by atoms with Crippen LogP contribution in [0.4, 0.5) is 5.69 Å². The van der Waals surface area contributed by atoms with Crippen molar-refractivity contribution in [3.8, 4) is 5.75 Å². The van der Waals surface area contributed by atoms with Gasteiger partial charge in [0.25, 0.3) is 0 Å². The van der Waals surface area contributed by atoms with E-state index >= 15 is 0 Å². The molecule has 0 unspecified atom stereocenters. The van der Waals surface area contributed by atoms with Gasteiger partial charge in [-0.15, -0.1) is 0 Å². The van der Waals surface area contributed by atoms with E-state index in [0.29, 0.717) is 17.4 Å². The van der Waals surface area contributed by atoms with Crippen LogP contribution in [-0.2, 0) is 6.42 Å². The first-order chi connectivity index (χ1) is 7.65. The summed E-state index contributed by atoms with van der Waals surface area (Å²) in [5, 5.41) is 12.7. The molecule has 0 atom stereocenters. The van der Waals surface area contributed by atoms with Crippen molar-refractivity contribution in [2.45, 2.75) is 13.3 Å². The number of ether oxygens (including phenoxy) is 1. The number of carboxylic acid groups (broad SMARTS) is 1. The molecule has 0 spiro atoms. The Labute approximate surface area is 98.2 Å². The Balaban J connectivity index is 2.62. The van der Waals surface area contributed by atoms with Crippen molar-refractivity contribution in [1.82, 2.24) is 0 Å². The summed E-state index contributed by atoms with van der Waals surface area (Å²) in [4.78, 5) is 11.1. The molecule has 0 amide bonds. The van der Waals surface area contributed by atoms with Gasteiger partial charge in [0.1, 0.15) is 11.3 Å². The first-order valence-corrected chi connectivity index (χ1v) is 5.48. The van der Waals surface area contributed by atoms with Gasteiger partial charge in [0, 0.05) is 12.1 Å². The summed E-state index contributed by atoms with van der Waals surface area (Å²) in [6.45, 7) is 3.03. The number of hydrogen-bond acceptors (Lipinski definition) is 3. The van der Waals surface area contributed by atoms with Gasteiger partial charge in [-0.05, 0) is 19.4 Å². The van der Waals surface area contributed by atoms with E-state index in [0.717, 1.165) is 24.2 Å². The van der Waals surface area contributed by atoms with Crippen LogP contribution in [0.25, 0.3) is 0 Å². The summed E-state index contributed by atoms with van der Waals surface area (Å²) < 4.78 is 5.42. The van der Waals surface area contributed by atoms with Gasteiger partial charge in [0.15, 0.2) is 0 Å². The molecule has 2 N–H and O–H groups in total. The van der Waals surface area contributed by atoms with Crippen molar-refractivity contribution in [2.24, 2.45) is 0 Å². The minimum absolute atomic E-state index is 0.134. The lowest BCUT2D eigenvalue weighted by Crippen LogP contribution is -2.05. The van der Waals surface area contributed by atoms with Crippen LogP contribution < -0.4 is 10.1 Å². The normalized spacial score (nSPS) is 13.1. The molecule has 1 aromatic rings. The third-order valence-corrected chi connectivity index (χ3v) is 2.82. The Morgan fingerprint density at radius 3 is 3.06 bits per heavy atom. The van der Waals surface area contributed by atoms with Crippen LogP contribution >= 0.6 is 11.6 Å². The quantitative estimate of drug-likeness (QED) is 0.853. The molecule has 0 bridgehead atoms. The maximum atomic E-state index is 11.1. The van der Waals surface area contributed by atoms with Crippen molar-refractivity contribution in [2.75, 3.05) is 18.5 Å². The van der Waals surface area contributed by atoms with Crippen molar-refractivity contribution in [1.29, 1.82) is 0 Å². The van der Waals surface area contributed by atoms with E-state index in [1.807, 2.05) is 6.92 Å². The smallest absolute Gasteiger partial charge is 0.339 e. The topological polar surface area (TPSA) is 58.6 Å². The average Bonchev–Trinajstić information content (AvgIpc) is 2.71. The second kappa shape index (κ2) is 4.22. The van der Waals surface area contributed by atoms with Gasteiger partial charge in [0.05, 0.1) is 17.3 Å². The molecule has 4 nitrogen and oxygen atoms in total. The van der Waals surface area contributed by atoms with E-state index in [-0.39, 0.29) is 5.56 Å². The maximum absolute atomic E-state index is 11.1. The number of carbonyl (C=O) groups is 1. The predicted octanol–water partition coefficient (Wildman–Crippen LogP) is 2.40. The van der Waals surface area contributed by atoms with E-state index in [9.17, 15) is 4.79 Å². The Morgan fingerprint density at radius 1 is 1.69 bits per heavy atom. The highest BCUT2D eigenvalue weighted by Gasteiger charge is 2.24. The highest BCUT2D eigenvalue weighted by molar-refractivity contribution is 6.34. The molecule has 16 heavy (non-hydrogen) atoms. The molecule has 0 saturated carbocycles. The number of fused-ring (bicyclic) bond motifs is 1. The Bertz CT molecular complexity index is 445. The molecule has 5 heteroatoms. The van der Waals surface area contributed by atoms with Gasteiger partial charge in [0.2, 0.25) is 0 Å². The number of nitrogens with one attached hydrogen (secondary N) is 1. The fourth-order valence-corrected chi connectivity index (χ4v) is 2.18. The fraction of sp³-hybridized carbons (Fsp3) is 0.364. The number of hydrogen-bond donors (Lipinski definition) is 2. The molecule has 2 rings (SSSR count). The zero-order chi connectivity index (χ0) is 11.7. The number of anilines is 1. The molecule has 0 fully saturated rings. The van der Waals surface area contributed by atoms with Gasteiger partial charge in [-0.3, -0.25) is 0 Å². The molecule has 1 heterocycles. The summed E-state index contributed by atoms with van der Waals surface area (Å²) in [5.41, 5.74) is 1.80. The SMILES string of the molecule is CCOc1c(C(=O)O)cc(Cl)c2c1CCN2. The highest BCUT2D eigenvalue weighted by Crippen LogP contribution is 2.40. The van der Waals surface area contributed by atoms with Gasteiger partial charge in [-0.1, -0.05) is 11.6 Å². The maximum Gasteiger partial charge on any atom is 0.339 e. The molecule has 1 aromatic carbocycles. The molecule has 0 aromatic heterocycles. The number of rotatable bonds is 3. The van der Waals surface area contributed by atoms with Crippen LogP contribution in [0.1, 0.15) is 22.8 Å². The standard InChI is InChI=1S/C11H12ClNO3/c1-2-16-10-6-3-4-13-9(6)8(12)5-7(10)11(14)15/h5,13H,2-4H2,1H3,(H,14,15). The fourth-order valence-electron chi connectivity index (χ4n) is 1.89.